The quantitative estimate of drug-likeness (QED) is 0.666. The Labute approximate surface area is 160 Å². The summed E-state index contributed by atoms with van der Waals surface area (Å²) in [7, 11) is 0. The Morgan fingerprint density at radius 3 is 2.85 bits per heavy atom. The molecule has 0 unspecified atom stereocenters. The monoisotopic (exact) mass is 385 g/mol. The third-order valence-electron chi connectivity index (χ3n) is 4.59. The van der Waals surface area contributed by atoms with E-state index in [0.29, 0.717) is 35.4 Å². The Bertz CT molecular complexity index is 972. The number of hydrogen-bond acceptors (Lipinski definition) is 4. The molecule has 0 N–H and O–H groups in total. The first-order valence-corrected chi connectivity index (χ1v) is 9.16. The van der Waals surface area contributed by atoms with Crippen molar-refractivity contribution in [3.63, 3.8) is 0 Å². The highest BCUT2D eigenvalue weighted by molar-refractivity contribution is 6.30. The Morgan fingerprint density at radius 2 is 2.04 bits per heavy atom. The molecule has 0 spiro atoms. The molecule has 1 aliphatic rings. The third kappa shape index (κ3) is 3.71. The summed E-state index contributed by atoms with van der Waals surface area (Å²) in [6, 6.07) is 12.0. The van der Waals surface area contributed by atoms with Gasteiger partial charge in [0.15, 0.2) is 0 Å². The van der Waals surface area contributed by atoms with Crippen LogP contribution in [0, 0.1) is 5.82 Å². The van der Waals surface area contributed by atoms with Crippen molar-refractivity contribution >= 4 is 23.2 Å². The van der Waals surface area contributed by atoms with E-state index in [-0.39, 0.29) is 18.1 Å². The minimum absolute atomic E-state index is 0.146. The van der Waals surface area contributed by atoms with Crippen molar-refractivity contribution in [2.45, 2.75) is 25.7 Å². The van der Waals surface area contributed by atoms with Crippen LogP contribution >= 0.6 is 11.6 Å². The molecule has 5 nitrogen and oxygen atoms in total. The number of amides is 1. The predicted molar refractivity (Wildman–Crippen MR) is 100 cm³/mol. The maximum absolute atomic E-state index is 14.2. The number of benzene rings is 2. The van der Waals surface area contributed by atoms with Crippen molar-refractivity contribution < 1.29 is 13.7 Å². The lowest BCUT2D eigenvalue weighted by atomic mass is 10.0. The van der Waals surface area contributed by atoms with Gasteiger partial charge in [-0.15, -0.1) is 0 Å². The fourth-order valence-corrected chi connectivity index (χ4v) is 3.40. The first kappa shape index (κ1) is 17.7. The number of halogens is 2. The first-order chi connectivity index (χ1) is 13.1. The fraction of sp³-hybridized carbons (Fsp3) is 0.250. The number of carbonyl (C=O) groups is 1. The van der Waals surface area contributed by atoms with Gasteiger partial charge in [-0.05, 0) is 48.7 Å². The largest absolute Gasteiger partial charge is 0.339 e. The molecule has 1 amide bonds. The molecule has 0 saturated heterocycles. The molecule has 0 atom stereocenters. The molecule has 3 aromatic rings. The standard InChI is InChI=1S/C20H17ClFN3O2/c21-15-8-6-14(7-9-15)20-23-17(27-24-20)10-11-18(26)25-12-2-4-13-3-1-5-16(22)19(13)25/h1,3,5-9H,2,4,10-12H2. The summed E-state index contributed by atoms with van der Waals surface area (Å²) in [6.45, 7) is 0.520. The molecule has 2 aromatic carbocycles. The highest BCUT2D eigenvalue weighted by Gasteiger charge is 2.25. The van der Waals surface area contributed by atoms with Gasteiger partial charge in [0.1, 0.15) is 5.82 Å². The van der Waals surface area contributed by atoms with Crippen molar-refractivity contribution in [1.82, 2.24) is 10.1 Å². The Balaban J connectivity index is 1.44. The van der Waals surface area contributed by atoms with E-state index >= 15 is 0 Å². The minimum atomic E-state index is -0.358. The van der Waals surface area contributed by atoms with E-state index < -0.39 is 0 Å². The third-order valence-corrected chi connectivity index (χ3v) is 4.84. The van der Waals surface area contributed by atoms with E-state index in [2.05, 4.69) is 10.1 Å². The Hall–Kier alpha value is -2.73. The van der Waals surface area contributed by atoms with E-state index in [1.54, 1.807) is 30.3 Å². The van der Waals surface area contributed by atoms with Crippen LogP contribution in [0.1, 0.15) is 24.3 Å². The summed E-state index contributed by atoms with van der Waals surface area (Å²) in [5.74, 6) is 0.318. The van der Waals surface area contributed by atoms with Crippen LogP contribution in [0.15, 0.2) is 47.0 Å². The topological polar surface area (TPSA) is 59.2 Å². The number of aromatic nitrogens is 2. The first-order valence-electron chi connectivity index (χ1n) is 8.78. The van der Waals surface area contributed by atoms with Crippen LogP contribution in [-0.2, 0) is 17.6 Å². The molecule has 0 fully saturated rings. The zero-order chi connectivity index (χ0) is 18.8. The lowest BCUT2D eigenvalue weighted by Gasteiger charge is -2.29. The van der Waals surface area contributed by atoms with Crippen LogP contribution in [0.25, 0.3) is 11.4 Å². The highest BCUT2D eigenvalue weighted by atomic mass is 35.5. The van der Waals surface area contributed by atoms with Crippen LogP contribution in [0.3, 0.4) is 0 Å². The molecule has 0 aliphatic carbocycles. The van der Waals surface area contributed by atoms with Gasteiger partial charge in [-0.25, -0.2) is 4.39 Å². The summed E-state index contributed by atoms with van der Waals surface area (Å²) in [5.41, 5.74) is 2.06. The van der Waals surface area contributed by atoms with Crippen molar-refractivity contribution in [3.05, 3.63) is 64.8 Å². The van der Waals surface area contributed by atoms with Gasteiger partial charge in [0, 0.05) is 30.0 Å². The summed E-state index contributed by atoms with van der Waals surface area (Å²) >= 11 is 5.88. The second kappa shape index (κ2) is 7.48. The van der Waals surface area contributed by atoms with Crippen LogP contribution in [0.4, 0.5) is 10.1 Å². The maximum Gasteiger partial charge on any atom is 0.227 e. The maximum atomic E-state index is 14.2. The smallest absolute Gasteiger partial charge is 0.227 e. The van der Waals surface area contributed by atoms with E-state index in [1.807, 2.05) is 6.07 Å². The number of fused-ring (bicyclic) bond motifs is 1. The summed E-state index contributed by atoms with van der Waals surface area (Å²) in [6.07, 6.45) is 2.09. The fourth-order valence-electron chi connectivity index (χ4n) is 3.27. The van der Waals surface area contributed by atoms with Gasteiger partial charge in [-0.3, -0.25) is 4.79 Å². The molecule has 0 bridgehead atoms. The molecule has 2 heterocycles. The van der Waals surface area contributed by atoms with Gasteiger partial charge in [0.25, 0.3) is 0 Å². The number of hydrogen-bond donors (Lipinski definition) is 0. The SMILES string of the molecule is O=C(CCc1nc(-c2ccc(Cl)cc2)no1)N1CCCc2cccc(F)c21. The molecular formula is C20H17ClFN3O2. The van der Waals surface area contributed by atoms with Gasteiger partial charge in [0.05, 0.1) is 5.69 Å². The highest BCUT2D eigenvalue weighted by Crippen LogP contribution is 2.30. The average Bonchev–Trinajstić information content (AvgIpc) is 3.15. The summed E-state index contributed by atoms with van der Waals surface area (Å²) < 4.78 is 19.5. The van der Waals surface area contributed by atoms with Gasteiger partial charge < -0.3 is 9.42 Å². The molecular weight excluding hydrogens is 369 g/mol. The second-order valence-corrected chi connectivity index (χ2v) is 6.85. The number of anilines is 1. The summed E-state index contributed by atoms with van der Waals surface area (Å²) in [5, 5.41) is 4.57. The number of para-hydroxylation sites is 1. The molecule has 1 aromatic heterocycles. The van der Waals surface area contributed by atoms with Gasteiger partial charge in [-0.2, -0.15) is 4.98 Å². The van der Waals surface area contributed by atoms with E-state index in [4.69, 9.17) is 16.1 Å². The van der Waals surface area contributed by atoms with Crippen molar-refractivity contribution in [2.24, 2.45) is 0 Å². The van der Waals surface area contributed by atoms with Gasteiger partial charge >= 0.3 is 0 Å². The molecule has 1 aliphatic heterocycles. The number of carbonyl (C=O) groups excluding carboxylic acids is 1. The molecule has 7 heteroatoms. The van der Waals surface area contributed by atoms with E-state index in [1.165, 1.54) is 11.0 Å². The van der Waals surface area contributed by atoms with Crippen molar-refractivity contribution in [2.75, 3.05) is 11.4 Å². The molecule has 0 radical (unpaired) electrons. The van der Waals surface area contributed by atoms with Crippen molar-refractivity contribution in [1.29, 1.82) is 0 Å². The number of rotatable bonds is 4. The van der Waals surface area contributed by atoms with E-state index in [9.17, 15) is 9.18 Å². The minimum Gasteiger partial charge on any atom is -0.339 e. The van der Waals surface area contributed by atoms with Crippen LogP contribution < -0.4 is 4.90 Å². The molecule has 0 saturated carbocycles. The van der Waals surface area contributed by atoms with Crippen molar-refractivity contribution in [3.8, 4) is 11.4 Å². The molecule has 138 valence electrons. The lowest BCUT2D eigenvalue weighted by Crippen LogP contribution is -2.36. The number of nitrogens with zero attached hydrogens (tertiary/aromatic N) is 3. The lowest BCUT2D eigenvalue weighted by molar-refractivity contribution is -0.118. The van der Waals surface area contributed by atoms with Crippen LogP contribution in [0.2, 0.25) is 5.02 Å². The van der Waals surface area contributed by atoms with Crippen LogP contribution in [0.5, 0.6) is 0 Å². The summed E-state index contributed by atoms with van der Waals surface area (Å²) in [4.78, 5) is 18.5. The number of aryl methyl sites for hydroxylation is 2. The van der Waals surface area contributed by atoms with Gasteiger partial charge in [0.2, 0.25) is 17.6 Å². The second-order valence-electron chi connectivity index (χ2n) is 6.42. The Kier molecular flexibility index (Phi) is 4.90. The molecule has 4 rings (SSSR count). The zero-order valence-corrected chi connectivity index (χ0v) is 15.2. The predicted octanol–water partition coefficient (Wildman–Crippen LogP) is 4.44. The van der Waals surface area contributed by atoms with Gasteiger partial charge in [-0.1, -0.05) is 28.9 Å². The van der Waals surface area contributed by atoms with Crippen LogP contribution in [-0.4, -0.2) is 22.6 Å². The average molecular weight is 386 g/mol. The van der Waals surface area contributed by atoms with E-state index in [0.717, 1.165) is 24.0 Å². The normalized spacial score (nSPS) is 13.5. The molecule has 27 heavy (non-hydrogen) atoms. The Morgan fingerprint density at radius 1 is 1.22 bits per heavy atom. The zero-order valence-electron chi connectivity index (χ0n) is 14.5.